The number of nitro benzene ring substituents is 1. The highest BCUT2D eigenvalue weighted by Crippen LogP contribution is 2.30. The Bertz CT molecular complexity index is 1030. The first-order chi connectivity index (χ1) is 11.5. The molecule has 3 aromatic rings. The van der Waals surface area contributed by atoms with Gasteiger partial charge in [-0.15, -0.1) is 11.3 Å². The Kier molecular flexibility index (Phi) is 4.24. The van der Waals surface area contributed by atoms with Gasteiger partial charge in [-0.1, -0.05) is 12.1 Å². The molecule has 0 bridgehead atoms. The van der Waals surface area contributed by atoms with E-state index < -0.39 is 10.9 Å². The lowest BCUT2D eigenvalue weighted by molar-refractivity contribution is -0.384. The summed E-state index contributed by atoms with van der Waals surface area (Å²) in [6, 6.07) is 9.15. The predicted octanol–water partition coefficient (Wildman–Crippen LogP) is 2.47. The third kappa shape index (κ3) is 2.72. The fraction of sp³-hybridized carbons (Fsp3) is 0.125. The van der Waals surface area contributed by atoms with Crippen LogP contribution in [0.4, 0.5) is 5.69 Å². The molecule has 0 saturated carbocycles. The van der Waals surface area contributed by atoms with Gasteiger partial charge in [0.2, 0.25) is 0 Å². The van der Waals surface area contributed by atoms with Crippen molar-refractivity contribution < 1.29 is 19.6 Å². The molecule has 0 aliphatic carbocycles. The van der Waals surface area contributed by atoms with Crippen LogP contribution in [0, 0.1) is 10.1 Å². The predicted molar refractivity (Wildman–Crippen MR) is 89.6 cm³/mol. The number of rotatable bonds is 4. The average molecular weight is 345 g/mol. The second-order valence-electron chi connectivity index (χ2n) is 4.91. The standard InChI is InChI=1S/C16H11NO6S/c18-5-6-23-16(20)11-7-9(17(21)22)8-13-14(11)15(19)10-3-1-2-4-12(10)24-13/h1-4,7-8,18H,5-6H2. The number of hydrogen-bond acceptors (Lipinski definition) is 7. The number of hydrogen-bond donors (Lipinski definition) is 1. The lowest BCUT2D eigenvalue weighted by Gasteiger charge is -2.07. The number of carbonyl (C=O) groups is 1. The molecular weight excluding hydrogens is 334 g/mol. The maximum Gasteiger partial charge on any atom is 0.339 e. The van der Waals surface area contributed by atoms with Gasteiger partial charge in [-0.3, -0.25) is 14.9 Å². The number of ether oxygens (including phenoxy) is 1. The number of esters is 1. The van der Waals surface area contributed by atoms with E-state index in [0.717, 1.165) is 6.07 Å². The molecule has 8 heteroatoms. The van der Waals surface area contributed by atoms with Crippen LogP contribution < -0.4 is 5.43 Å². The SMILES string of the molecule is O=C(OCCO)c1cc([N+](=O)[O-])cc2sc3ccccc3c(=O)c12. The number of carbonyl (C=O) groups excluding carboxylic acids is 1. The Hall–Kier alpha value is -2.84. The molecule has 0 aliphatic heterocycles. The molecule has 0 amide bonds. The van der Waals surface area contributed by atoms with Crippen LogP contribution in [0.3, 0.4) is 0 Å². The summed E-state index contributed by atoms with van der Waals surface area (Å²) >= 11 is 1.19. The van der Waals surface area contributed by atoms with Gasteiger partial charge in [0.05, 0.1) is 22.5 Å². The number of aliphatic hydroxyl groups excluding tert-OH is 1. The van der Waals surface area contributed by atoms with Gasteiger partial charge < -0.3 is 9.84 Å². The number of non-ortho nitro benzene ring substituents is 1. The number of nitrogens with zero attached hydrogens (tertiary/aromatic N) is 1. The van der Waals surface area contributed by atoms with Gasteiger partial charge in [0.1, 0.15) is 6.61 Å². The highest BCUT2D eigenvalue weighted by molar-refractivity contribution is 7.24. The van der Waals surface area contributed by atoms with E-state index in [0.29, 0.717) is 14.8 Å². The minimum Gasteiger partial charge on any atom is -0.460 e. The third-order valence-electron chi connectivity index (χ3n) is 3.42. The molecule has 0 atom stereocenters. The molecule has 1 aromatic heterocycles. The van der Waals surface area contributed by atoms with Crippen LogP contribution in [0.15, 0.2) is 41.2 Å². The minimum atomic E-state index is -0.877. The van der Waals surface area contributed by atoms with E-state index in [1.54, 1.807) is 24.3 Å². The summed E-state index contributed by atoms with van der Waals surface area (Å²) in [7, 11) is 0. The number of aliphatic hydroxyl groups is 1. The Balaban J connectivity index is 2.38. The fourth-order valence-electron chi connectivity index (χ4n) is 2.39. The Morgan fingerprint density at radius 1 is 1.25 bits per heavy atom. The first-order valence-electron chi connectivity index (χ1n) is 6.95. The van der Waals surface area contributed by atoms with Crippen LogP contribution in [0.25, 0.3) is 20.2 Å². The Morgan fingerprint density at radius 3 is 2.71 bits per heavy atom. The van der Waals surface area contributed by atoms with Crippen molar-refractivity contribution in [3.63, 3.8) is 0 Å². The monoisotopic (exact) mass is 345 g/mol. The number of benzene rings is 2. The minimum absolute atomic E-state index is 0.0900. The van der Waals surface area contributed by atoms with E-state index in [9.17, 15) is 19.7 Å². The average Bonchev–Trinajstić information content (AvgIpc) is 2.58. The summed E-state index contributed by atoms with van der Waals surface area (Å²) in [5.74, 6) is -0.877. The van der Waals surface area contributed by atoms with Gasteiger partial charge >= 0.3 is 5.97 Å². The van der Waals surface area contributed by atoms with E-state index in [-0.39, 0.29) is 35.3 Å². The zero-order chi connectivity index (χ0) is 17.3. The summed E-state index contributed by atoms with van der Waals surface area (Å²) in [5.41, 5.74) is -0.853. The first-order valence-corrected chi connectivity index (χ1v) is 7.76. The fourth-order valence-corrected chi connectivity index (χ4v) is 3.53. The van der Waals surface area contributed by atoms with E-state index in [2.05, 4.69) is 0 Å². The van der Waals surface area contributed by atoms with Gasteiger partial charge in [-0.2, -0.15) is 0 Å². The maximum atomic E-state index is 12.7. The van der Waals surface area contributed by atoms with Gasteiger partial charge in [0.15, 0.2) is 5.43 Å². The molecular formula is C16H11NO6S. The topological polar surface area (TPSA) is 107 Å². The van der Waals surface area contributed by atoms with Crippen LogP contribution in [-0.2, 0) is 4.74 Å². The molecule has 0 radical (unpaired) electrons. The molecule has 7 nitrogen and oxygen atoms in total. The molecule has 3 rings (SSSR count). The molecule has 2 aromatic carbocycles. The zero-order valence-corrected chi connectivity index (χ0v) is 13.0. The molecule has 122 valence electrons. The van der Waals surface area contributed by atoms with Gasteiger partial charge in [0, 0.05) is 26.9 Å². The largest absolute Gasteiger partial charge is 0.460 e. The van der Waals surface area contributed by atoms with E-state index in [1.807, 2.05) is 0 Å². The molecule has 0 spiro atoms. The van der Waals surface area contributed by atoms with Crippen molar-refractivity contribution in [2.75, 3.05) is 13.2 Å². The zero-order valence-electron chi connectivity index (χ0n) is 12.2. The molecule has 1 heterocycles. The molecule has 1 N–H and O–H groups in total. The number of fused-ring (bicyclic) bond motifs is 2. The van der Waals surface area contributed by atoms with Gasteiger partial charge in [-0.05, 0) is 12.1 Å². The summed E-state index contributed by atoms with van der Waals surface area (Å²) in [5, 5.41) is 20.4. The van der Waals surface area contributed by atoms with Crippen LogP contribution in [0.1, 0.15) is 10.4 Å². The molecule has 0 fully saturated rings. The van der Waals surface area contributed by atoms with Crippen LogP contribution in [0.5, 0.6) is 0 Å². The van der Waals surface area contributed by atoms with Crippen molar-refractivity contribution in [3.05, 3.63) is 62.3 Å². The van der Waals surface area contributed by atoms with Crippen molar-refractivity contribution in [1.82, 2.24) is 0 Å². The Morgan fingerprint density at radius 2 is 2.00 bits per heavy atom. The Labute approximate surface area is 138 Å². The van der Waals surface area contributed by atoms with Crippen LogP contribution in [0.2, 0.25) is 0 Å². The van der Waals surface area contributed by atoms with Crippen LogP contribution >= 0.6 is 11.3 Å². The van der Waals surface area contributed by atoms with Gasteiger partial charge in [0.25, 0.3) is 5.69 Å². The van der Waals surface area contributed by atoms with E-state index in [1.165, 1.54) is 17.4 Å². The second-order valence-corrected chi connectivity index (χ2v) is 5.99. The van der Waals surface area contributed by atoms with Crippen molar-refractivity contribution in [2.45, 2.75) is 0 Å². The van der Waals surface area contributed by atoms with E-state index >= 15 is 0 Å². The lowest BCUT2D eigenvalue weighted by Crippen LogP contribution is -2.13. The quantitative estimate of drug-likeness (QED) is 0.337. The third-order valence-corrected chi connectivity index (χ3v) is 4.54. The molecule has 0 aliphatic rings. The summed E-state index contributed by atoms with van der Waals surface area (Å²) in [6.07, 6.45) is 0. The summed E-state index contributed by atoms with van der Waals surface area (Å²) < 4.78 is 5.85. The smallest absolute Gasteiger partial charge is 0.339 e. The van der Waals surface area contributed by atoms with Crippen molar-refractivity contribution in [1.29, 1.82) is 0 Å². The van der Waals surface area contributed by atoms with Gasteiger partial charge in [-0.25, -0.2) is 4.79 Å². The first kappa shape index (κ1) is 16.0. The van der Waals surface area contributed by atoms with Crippen molar-refractivity contribution in [3.8, 4) is 0 Å². The lowest BCUT2D eigenvalue weighted by atomic mass is 10.1. The second kappa shape index (κ2) is 6.34. The number of nitro groups is 1. The van der Waals surface area contributed by atoms with Crippen molar-refractivity contribution in [2.24, 2.45) is 0 Å². The molecule has 24 heavy (non-hydrogen) atoms. The van der Waals surface area contributed by atoms with Crippen LogP contribution in [-0.4, -0.2) is 29.2 Å². The molecule has 0 saturated heterocycles. The highest BCUT2D eigenvalue weighted by Gasteiger charge is 2.21. The maximum absolute atomic E-state index is 12.7. The highest BCUT2D eigenvalue weighted by atomic mass is 32.1. The van der Waals surface area contributed by atoms with E-state index in [4.69, 9.17) is 9.84 Å². The summed E-state index contributed by atoms with van der Waals surface area (Å²) in [6.45, 7) is -0.636. The summed E-state index contributed by atoms with van der Waals surface area (Å²) in [4.78, 5) is 35.4. The molecule has 0 unspecified atom stereocenters. The van der Waals surface area contributed by atoms with Crippen molar-refractivity contribution >= 4 is 43.2 Å². The normalized spacial score (nSPS) is 10.9.